The van der Waals surface area contributed by atoms with Gasteiger partial charge >= 0.3 is 0 Å². The minimum absolute atomic E-state index is 0.0246. The number of para-hydroxylation sites is 2. The number of benzene rings is 3. The highest BCUT2D eigenvalue weighted by atomic mass is 79.9. The van der Waals surface area contributed by atoms with Crippen LogP contribution >= 0.6 is 15.9 Å². The maximum absolute atomic E-state index is 6.52. The summed E-state index contributed by atoms with van der Waals surface area (Å²) in [6.45, 7) is 6.62. The molecule has 2 aromatic heterocycles. The molecule has 0 aliphatic rings. The van der Waals surface area contributed by atoms with Crippen LogP contribution in [0.2, 0.25) is 0 Å². The molecule has 2 heterocycles. The van der Waals surface area contributed by atoms with Gasteiger partial charge in [0.1, 0.15) is 11.6 Å². The molecular weight excluding hydrogens is 448 g/mol. The van der Waals surface area contributed by atoms with Gasteiger partial charge in [0.15, 0.2) is 5.75 Å². The monoisotopic (exact) mass is 470 g/mol. The topological polar surface area (TPSA) is 27.1 Å². The number of nitrogens with zero attached hydrogens (tertiary/aromatic N) is 2. The van der Waals surface area contributed by atoms with E-state index in [0.29, 0.717) is 0 Å². The average Bonchev–Trinajstić information content (AvgIpc) is 3.09. The fourth-order valence-electron chi connectivity index (χ4n) is 3.98. The lowest BCUT2D eigenvalue weighted by atomic mass is 9.87. The zero-order chi connectivity index (χ0) is 21.6. The van der Waals surface area contributed by atoms with Crippen molar-refractivity contribution in [2.75, 3.05) is 0 Å². The lowest BCUT2D eigenvalue weighted by molar-refractivity contribution is 0.482. The van der Waals surface area contributed by atoms with E-state index < -0.39 is 0 Å². The Morgan fingerprint density at radius 2 is 1.61 bits per heavy atom. The van der Waals surface area contributed by atoms with Gasteiger partial charge in [-0.15, -0.1) is 0 Å². The third kappa shape index (κ3) is 3.61. The van der Waals surface area contributed by atoms with E-state index in [9.17, 15) is 0 Å². The van der Waals surface area contributed by atoms with E-state index in [1.807, 2.05) is 36.5 Å². The maximum atomic E-state index is 6.52. The molecule has 0 saturated carbocycles. The molecule has 0 fully saturated rings. The van der Waals surface area contributed by atoms with Crippen LogP contribution in [0.15, 0.2) is 89.5 Å². The standard InChI is InChI=1S/C27H23BrN2O/c1-27(2,3)18-15-19(28)17-20(16-18)31-24-12-8-10-22-21-9-4-5-11-23(21)30(26(22)24)25-13-6-7-14-29-25/h4-17H,1-3H3. The molecule has 4 heteroatoms. The van der Waals surface area contributed by atoms with Crippen molar-refractivity contribution in [1.82, 2.24) is 9.55 Å². The molecular formula is C27H23BrN2O. The second-order valence-electron chi connectivity index (χ2n) is 8.72. The molecule has 3 aromatic carbocycles. The van der Waals surface area contributed by atoms with Crippen molar-refractivity contribution in [2.24, 2.45) is 0 Å². The zero-order valence-electron chi connectivity index (χ0n) is 17.8. The van der Waals surface area contributed by atoms with Crippen LogP contribution in [-0.4, -0.2) is 9.55 Å². The van der Waals surface area contributed by atoms with E-state index in [1.54, 1.807) is 0 Å². The fourth-order valence-corrected chi connectivity index (χ4v) is 4.45. The number of hydrogen-bond donors (Lipinski definition) is 0. The third-order valence-electron chi connectivity index (χ3n) is 5.50. The van der Waals surface area contributed by atoms with Gasteiger partial charge in [0.25, 0.3) is 0 Å². The molecule has 0 bridgehead atoms. The molecule has 31 heavy (non-hydrogen) atoms. The van der Waals surface area contributed by atoms with Crippen LogP contribution in [-0.2, 0) is 5.41 Å². The van der Waals surface area contributed by atoms with Crippen LogP contribution in [0, 0.1) is 0 Å². The summed E-state index contributed by atoms with van der Waals surface area (Å²) in [6, 6.07) is 26.9. The van der Waals surface area contributed by atoms with E-state index in [2.05, 4.69) is 94.8 Å². The smallest absolute Gasteiger partial charge is 0.152 e. The molecule has 5 rings (SSSR count). The molecule has 0 atom stereocenters. The van der Waals surface area contributed by atoms with Crippen molar-refractivity contribution in [3.63, 3.8) is 0 Å². The van der Waals surface area contributed by atoms with Gasteiger partial charge in [0, 0.05) is 21.4 Å². The third-order valence-corrected chi connectivity index (χ3v) is 5.96. The lowest BCUT2D eigenvalue weighted by Gasteiger charge is -2.20. The normalized spacial score (nSPS) is 11.9. The molecule has 0 aliphatic carbocycles. The molecule has 5 aromatic rings. The number of aromatic nitrogens is 2. The summed E-state index contributed by atoms with van der Waals surface area (Å²) >= 11 is 3.65. The minimum atomic E-state index is 0.0246. The summed E-state index contributed by atoms with van der Waals surface area (Å²) in [4.78, 5) is 4.63. The van der Waals surface area contributed by atoms with Crippen molar-refractivity contribution in [1.29, 1.82) is 0 Å². The van der Waals surface area contributed by atoms with Crippen molar-refractivity contribution in [2.45, 2.75) is 26.2 Å². The van der Waals surface area contributed by atoms with Gasteiger partial charge in [0.05, 0.1) is 11.0 Å². The van der Waals surface area contributed by atoms with E-state index >= 15 is 0 Å². The van der Waals surface area contributed by atoms with Gasteiger partial charge in [-0.05, 0) is 53.4 Å². The number of ether oxygens (including phenoxy) is 1. The number of rotatable bonds is 3. The lowest BCUT2D eigenvalue weighted by Crippen LogP contribution is -2.11. The molecule has 0 N–H and O–H groups in total. The van der Waals surface area contributed by atoms with E-state index in [1.165, 1.54) is 10.9 Å². The minimum Gasteiger partial charge on any atom is -0.455 e. The number of halogens is 1. The van der Waals surface area contributed by atoms with Crippen LogP contribution in [0.4, 0.5) is 0 Å². The van der Waals surface area contributed by atoms with Crippen LogP contribution in [0.5, 0.6) is 11.5 Å². The Kier molecular flexibility index (Phi) is 4.82. The summed E-state index contributed by atoms with van der Waals surface area (Å²) in [6.07, 6.45) is 1.82. The summed E-state index contributed by atoms with van der Waals surface area (Å²) < 4.78 is 9.71. The molecule has 0 saturated heterocycles. The SMILES string of the molecule is CC(C)(C)c1cc(Br)cc(Oc2cccc3c4ccccc4n(-c4ccccn4)c23)c1. The van der Waals surface area contributed by atoms with Crippen LogP contribution < -0.4 is 4.74 Å². The first-order chi connectivity index (χ1) is 14.9. The molecule has 0 spiro atoms. The van der Waals surface area contributed by atoms with Gasteiger partial charge < -0.3 is 4.74 Å². The van der Waals surface area contributed by atoms with Gasteiger partial charge in [-0.2, -0.15) is 0 Å². The fraction of sp³-hybridized carbons (Fsp3) is 0.148. The highest BCUT2D eigenvalue weighted by Gasteiger charge is 2.19. The van der Waals surface area contributed by atoms with E-state index in [0.717, 1.165) is 38.2 Å². The van der Waals surface area contributed by atoms with Crippen molar-refractivity contribution in [3.8, 4) is 17.3 Å². The average molecular weight is 471 g/mol. The number of hydrogen-bond acceptors (Lipinski definition) is 2. The Bertz CT molecular complexity index is 1400. The Morgan fingerprint density at radius 3 is 2.39 bits per heavy atom. The van der Waals surface area contributed by atoms with E-state index in [4.69, 9.17) is 4.74 Å². The first-order valence-electron chi connectivity index (χ1n) is 10.3. The summed E-state index contributed by atoms with van der Waals surface area (Å²) in [5, 5.41) is 2.32. The van der Waals surface area contributed by atoms with Gasteiger partial charge in [-0.1, -0.05) is 73.1 Å². The van der Waals surface area contributed by atoms with Crippen molar-refractivity contribution in [3.05, 3.63) is 95.1 Å². The Balaban J connectivity index is 1.76. The van der Waals surface area contributed by atoms with Gasteiger partial charge in [0.2, 0.25) is 0 Å². The Hall–Kier alpha value is -3.11. The van der Waals surface area contributed by atoms with Gasteiger partial charge in [-0.3, -0.25) is 4.57 Å². The van der Waals surface area contributed by atoms with Gasteiger partial charge in [-0.25, -0.2) is 4.98 Å². The highest BCUT2D eigenvalue weighted by molar-refractivity contribution is 9.10. The molecule has 0 amide bonds. The van der Waals surface area contributed by atoms with Crippen molar-refractivity contribution >= 4 is 37.7 Å². The zero-order valence-corrected chi connectivity index (χ0v) is 19.3. The predicted octanol–water partition coefficient (Wildman–Crippen LogP) is 8.03. The second-order valence-corrected chi connectivity index (χ2v) is 9.64. The van der Waals surface area contributed by atoms with Crippen LogP contribution in [0.1, 0.15) is 26.3 Å². The maximum Gasteiger partial charge on any atom is 0.152 e. The summed E-state index contributed by atoms with van der Waals surface area (Å²) in [5.41, 5.74) is 3.36. The number of pyridine rings is 1. The Labute approximate surface area is 190 Å². The molecule has 0 unspecified atom stereocenters. The van der Waals surface area contributed by atoms with Crippen LogP contribution in [0.3, 0.4) is 0 Å². The second kappa shape index (κ2) is 7.54. The quantitative estimate of drug-likeness (QED) is 0.266. The van der Waals surface area contributed by atoms with E-state index in [-0.39, 0.29) is 5.41 Å². The summed E-state index contributed by atoms with van der Waals surface area (Å²) in [5.74, 6) is 2.48. The first kappa shape index (κ1) is 19.8. The predicted molar refractivity (Wildman–Crippen MR) is 131 cm³/mol. The van der Waals surface area contributed by atoms with Crippen LogP contribution in [0.25, 0.3) is 27.6 Å². The largest absolute Gasteiger partial charge is 0.455 e. The first-order valence-corrected chi connectivity index (χ1v) is 11.1. The molecule has 0 aliphatic heterocycles. The summed E-state index contributed by atoms with van der Waals surface area (Å²) in [7, 11) is 0. The van der Waals surface area contributed by atoms with Crippen molar-refractivity contribution < 1.29 is 4.74 Å². The Morgan fingerprint density at radius 1 is 0.839 bits per heavy atom. The molecule has 0 radical (unpaired) electrons. The molecule has 3 nitrogen and oxygen atoms in total. The highest BCUT2D eigenvalue weighted by Crippen LogP contribution is 2.39. The number of fused-ring (bicyclic) bond motifs is 3. The molecule has 154 valence electrons.